The predicted octanol–water partition coefficient (Wildman–Crippen LogP) is 2.25. The summed E-state index contributed by atoms with van der Waals surface area (Å²) in [5.41, 5.74) is 7.72. The number of ether oxygens (including phenoxy) is 3. The Morgan fingerprint density at radius 3 is 2.49 bits per heavy atom. The molecule has 11 nitrogen and oxygen atoms in total. The van der Waals surface area contributed by atoms with Gasteiger partial charge in [-0.1, -0.05) is 48.5 Å². The van der Waals surface area contributed by atoms with Crippen molar-refractivity contribution in [2.24, 2.45) is 5.73 Å². The van der Waals surface area contributed by atoms with E-state index in [9.17, 15) is 9.59 Å². The minimum absolute atomic E-state index is 0.0795. The van der Waals surface area contributed by atoms with Gasteiger partial charge in [-0.25, -0.2) is 14.3 Å². The number of rotatable bonds is 14. The van der Waals surface area contributed by atoms with Gasteiger partial charge in [0.05, 0.1) is 38.0 Å². The van der Waals surface area contributed by atoms with Gasteiger partial charge in [-0.2, -0.15) is 0 Å². The second-order valence-electron chi connectivity index (χ2n) is 7.64. The van der Waals surface area contributed by atoms with Gasteiger partial charge >= 0.3 is 12.1 Å². The van der Waals surface area contributed by atoms with Crippen LogP contribution in [0.5, 0.6) is 0 Å². The molecule has 3 N–H and O–H groups in total. The molecule has 0 aliphatic rings. The van der Waals surface area contributed by atoms with Crippen LogP contribution >= 0.6 is 0 Å². The summed E-state index contributed by atoms with van der Waals surface area (Å²) in [5, 5.41) is 14.2. The highest BCUT2D eigenvalue weighted by molar-refractivity contribution is 5.89. The van der Waals surface area contributed by atoms with E-state index in [-0.39, 0.29) is 32.3 Å². The number of carbonyl (C=O) groups is 2. The summed E-state index contributed by atoms with van der Waals surface area (Å²) in [5.74, 6) is 0.0922. The zero-order valence-corrected chi connectivity index (χ0v) is 19.4. The highest BCUT2D eigenvalue weighted by Gasteiger charge is 2.16. The fourth-order valence-corrected chi connectivity index (χ4v) is 3.10. The lowest BCUT2D eigenvalue weighted by Crippen LogP contribution is -2.28. The van der Waals surface area contributed by atoms with Gasteiger partial charge < -0.3 is 25.3 Å². The normalized spacial score (nSPS) is 11.6. The highest BCUT2D eigenvalue weighted by Crippen LogP contribution is 2.08. The van der Waals surface area contributed by atoms with E-state index in [1.54, 1.807) is 24.3 Å². The monoisotopic (exact) mass is 482 g/mol. The molecule has 0 fully saturated rings. The SMILES string of the molecule is N[C@H](COCc1ccccc1)c1nnnn1CCOC(=O)NCCCCOC(=O)c1ccccc1. The Kier molecular flexibility index (Phi) is 10.6. The summed E-state index contributed by atoms with van der Waals surface area (Å²) < 4.78 is 17.5. The third-order valence-corrected chi connectivity index (χ3v) is 4.92. The molecular weight excluding hydrogens is 452 g/mol. The van der Waals surface area contributed by atoms with Crippen LogP contribution in [0.25, 0.3) is 0 Å². The van der Waals surface area contributed by atoms with E-state index in [1.807, 2.05) is 36.4 Å². The molecule has 0 saturated carbocycles. The maximum atomic E-state index is 11.9. The maximum absolute atomic E-state index is 11.9. The zero-order chi connectivity index (χ0) is 24.7. The van der Waals surface area contributed by atoms with Crippen molar-refractivity contribution in [1.29, 1.82) is 0 Å². The van der Waals surface area contributed by atoms with Gasteiger partial charge in [0, 0.05) is 6.54 Å². The van der Waals surface area contributed by atoms with Gasteiger partial charge in [0.2, 0.25) is 0 Å². The van der Waals surface area contributed by atoms with Crippen LogP contribution in [0.4, 0.5) is 4.79 Å². The maximum Gasteiger partial charge on any atom is 0.407 e. The van der Waals surface area contributed by atoms with E-state index in [4.69, 9.17) is 19.9 Å². The van der Waals surface area contributed by atoms with Gasteiger partial charge in [-0.3, -0.25) is 0 Å². The van der Waals surface area contributed by atoms with E-state index in [1.165, 1.54) is 4.68 Å². The molecule has 1 aromatic heterocycles. The van der Waals surface area contributed by atoms with Crippen LogP contribution in [0.1, 0.15) is 40.6 Å². The first-order valence-corrected chi connectivity index (χ1v) is 11.4. The summed E-state index contributed by atoms with van der Waals surface area (Å²) in [6.07, 6.45) is 0.722. The standard InChI is InChI=1S/C24H30N6O5/c25-21(18-33-17-19-9-3-1-4-10-19)22-27-28-29-30(22)14-16-35-24(32)26-13-7-8-15-34-23(31)20-11-5-2-6-12-20/h1-6,9-12,21H,7-8,13-18,25H2,(H,26,32)/t21-/m1/s1. The van der Waals surface area contributed by atoms with E-state index in [0.717, 1.165) is 5.56 Å². The van der Waals surface area contributed by atoms with Crippen molar-refractivity contribution in [3.63, 3.8) is 0 Å². The molecule has 186 valence electrons. The summed E-state index contributed by atoms with van der Waals surface area (Å²) in [4.78, 5) is 23.7. The number of tetrazole rings is 1. The van der Waals surface area contributed by atoms with Gasteiger partial charge in [-0.05, 0) is 41.0 Å². The lowest BCUT2D eigenvalue weighted by atomic mass is 10.2. The number of nitrogens with two attached hydrogens (primary N) is 1. The molecule has 0 saturated heterocycles. The van der Waals surface area contributed by atoms with Gasteiger partial charge in [-0.15, -0.1) is 5.10 Å². The molecule has 2 aromatic carbocycles. The number of esters is 1. The number of unbranched alkanes of at least 4 members (excludes halogenated alkanes) is 1. The number of hydrogen-bond acceptors (Lipinski definition) is 9. The minimum atomic E-state index is -0.545. The average Bonchev–Trinajstić information content (AvgIpc) is 3.36. The largest absolute Gasteiger partial charge is 0.462 e. The number of carbonyl (C=O) groups excluding carboxylic acids is 2. The number of nitrogens with one attached hydrogen (secondary N) is 1. The van der Waals surface area contributed by atoms with Crippen molar-refractivity contribution in [1.82, 2.24) is 25.5 Å². The Morgan fingerprint density at radius 1 is 0.971 bits per heavy atom. The Morgan fingerprint density at radius 2 is 1.71 bits per heavy atom. The quantitative estimate of drug-likeness (QED) is 0.261. The van der Waals surface area contributed by atoms with Crippen LogP contribution in [0, 0.1) is 0 Å². The summed E-state index contributed by atoms with van der Waals surface area (Å²) in [6.45, 7) is 1.71. The number of hydrogen-bond donors (Lipinski definition) is 2. The van der Waals surface area contributed by atoms with Crippen LogP contribution < -0.4 is 11.1 Å². The van der Waals surface area contributed by atoms with Crippen molar-refractivity contribution in [3.05, 3.63) is 77.6 Å². The lowest BCUT2D eigenvalue weighted by Gasteiger charge is -2.12. The molecule has 0 bridgehead atoms. The predicted molar refractivity (Wildman–Crippen MR) is 126 cm³/mol. The van der Waals surface area contributed by atoms with Crippen LogP contribution in [0.2, 0.25) is 0 Å². The Bertz CT molecular complexity index is 1030. The second kappa shape index (κ2) is 14.4. The number of benzene rings is 2. The zero-order valence-electron chi connectivity index (χ0n) is 19.4. The summed E-state index contributed by atoms with van der Waals surface area (Å²) >= 11 is 0. The first-order valence-electron chi connectivity index (χ1n) is 11.4. The molecule has 0 aliphatic heterocycles. The fourth-order valence-electron chi connectivity index (χ4n) is 3.10. The van der Waals surface area contributed by atoms with Crippen LogP contribution in [-0.2, 0) is 27.4 Å². The van der Waals surface area contributed by atoms with Gasteiger partial charge in [0.25, 0.3) is 0 Å². The van der Waals surface area contributed by atoms with Crippen LogP contribution in [0.15, 0.2) is 60.7 Å². The van der Waals surface area contributed by atoms with Crippen molar-refractivity contribution in [2.45, 2.75) is 32.0 Å². The average molecular weight is 483 g/mol. The molecule has 35 heavy (non-hydrogen) atoms. The molecule has 0 aliphatic carbocycles. The number of amides is 1. The molecule has 3 aromatic rings. The molecule has 1 heterocycles. The van der Waals surface area contributed by atoms with E-state index in [2.05, 4.69) is 20.8 Å². The molecular formula is C24H30N6O5. The minimum Gasteiger partial charge on any atom is -0.462 e. The molecule has 1 atom stereocenters. The Balaban J connectivity index is 1.25. The number of alkyl carbamates (subject to hydrolysis) is 1. The van der Waals surface area contributed by atoms with E-state index >= 15 is 0 Å². The highest BCUT2D eigenvalue weighted by atomic mass is 16.5. The van der Waals surface area contributed by atoms with Gasteiger partial charge in [0.1, 0.15) is 6.61 Å². The first kappa shape index (κ1) is 25.8. The van der Waals surface area contributed by atoms with Crippen LogP contribution in [0.3, 0.4) is 0 Å². The molecule has 0 unspecified atom stereocenters. The molecule has 0 spiro atoms. The van der Waals surface area contributed by atoms with Crippen LogP contribution in [-0.4, -0.2) is 58.6 Å². The van der Waals surface area contributed by atoms with Crippen molar-refractivity contribution >= 4 is 12.1 Å². The Hall–Kier alpha value is -3.83. The van der Waals surface area contributed by atoms with Crippen molar-refractivity contribution in [3.8, 4) is 0 Å². The molecule has 11 heteroatoms. The molecule has 1 amide bonds. The fraction of sp³-hybridized carbons (Fsp3) is 0.375. The number of nitrogens with zero attached hydrogens (tertiary/aromatic N) is 4. The Labute approximate surface area is 203 Å². The third-order valence-electron chi connectivity index (χ3n) is 4.92. The topological polar surface area (TPSA) is 143 Å². The smallest absolute Gasteiger partial charge is 0.407 e. The summed E-state index contributed by atoms with van der Waals surface area (Å²) in [7, 11) is 0. The van der Waals surface area contributed by atoms with Crippen molar-refractivity contribution < 1.29 is 23.8 Å². The first-order chi connectivity index (χ1) is 17.1. The van der Waals surface area contributed by atoms with Gasteiger partial charge in [0.15, 0.2) is 5.82 Å². The third kappa shape index (κ3) is 9.14. The van der Waals surface area contributed by atoms with Crippen molar-refractivity contribution in [2.75, 3.05) is 26.4 Å². The van der Waals surface area contributed by atoms with E-state index in [0.29, 0.717) is 37.4 Å². The number of aromatic nitrogens is 4. The summed E-state index contributed by atoms with van der Waals surface area (Å²) in [6, 6.07) is 18.1. The molecule has 3 rings (SSSR count). The second-order valence-corrected chi connectivity index (χ2v) is 7.64. The lowest BCUT2D eigenvalue weighted by molar-refractivity contribution is 0.0497. The van der Waals surface area contributed by atoms with E-state index < -0.39 is 12.1 Å². The molecule has 0 radical (unpaired) electrons.